The van der Waals surface area contributed by atoms with E-state index in [0.717, 1.165) is 38.6 Å². The summed E-state index contributed by atoms with van der Waals surface area (Å²) in [6.07, 6.45) is 5.48. The third kappa shape index (κ3) is 4.10. The van der Waals surface area contributed by atoms with Crippen molar-refractivity contribution in [3.8, 4) is 0 Å². The molecule has 1 heterocycles. The molecule has 0 saturated carbocycles. The van der Waals surface area contributed by atoms with Gasteiger partial charge in [0.25, 0.3) is 0 Å². The van der Waals surface area contributed by atoms with E-state index in [1.807, 2.05) is 12.1 Å². The first kappa shape index (κ1) is 15.1. The largest absolute Gasteiger partial charge is 0.379 e. The predicted molar refractivity (Wildman–Crippen MR) is 91.6 cm³/mol. The van der Waals surface area contributed by atoms with Crippen LogP contribution in [0.2, 0.25) is 0 Å². The highest BCUT2D eigenvalue weighted by atomic mass is 79.9. The summed E-state index contributed by atoms with van der Waals surface area (Å²) >= 11 is 10.6. The molecular weight excluding hydrogens is 436 g/mol. The highest BCUT2D eigenvalue weighted by molar-refractivity contribution is 9.11. The van der Waals surface area contributed by atoms with Gasteiger partial charge in [-0.05, 0) is 62.0 Å². The Kier molecular flexibility index (Phi) is 5.54. The van der Waals surface area contributed by atoms with Gasteiger partial charge < -0.3 is 9.88 Å². The molecule has 0 aliphatic rings. The molecule has 0 spiro atoms. The van der Waals surface area contributed by atoms with Crippen LogP contribution in [0.25, 0.3) is 0 Å². The van der Waals surface area contributed by atoms with Crippen molar-refractivity contribution in [2.24, 2.45) is 0 Å². The average molecular weight is 451 g/mol. The van der Waals surface area contributed by atoms with Gasteiger partial charge in [-0.25, -0.2) is 0 Å². The van der Waals surface area contributed by atoms with Crippen LogP contribution in [-0.2, 0) is 13.1 Å². The second kappa shape index (κ2) is 6.95. The summed E-state index contributed by atoms with van der Waals surface area (Å²) in [6.45, 7) is 4.08. The zero-order chi connectivity index (χ0) is 13.8. The summed E-state index contributed by atoms with van der Waals surface area (Å²) in [7, 11) is 0. The van der Waals surface area contributed by atoms with Crippen molar-refractivity contribution >= 4 is 53.5 Å². The van der Waals surface area contributed by atoms with Crippen LogP contribution >= 0.6 is 47.8 Å². The maximum absolute atomic E-state index is 3.57. The van der Waals surface area contributed by atoms with Crippen LogP contribution < -0.4 is 5.32 Å². The van der Waals surface area contributed by atoms with E-state index in [2.05, 4.69) is 83.1 Å². The second-order valence-electron chi connectivity index (χ2n) is 4.36. The minimum absolute atomic E-state index is 0.815. The van der Waals surface area contributed by atoms with Gasteiger partial charge >= 0.3 is 0 Å². The Morgan fingerprint density at radius 1 is 1.16 bits per heavy atom. The molecule has 102 valence electrons. The first-order valence-corrected chi connectivity index (χ1v) is 8.51. The SMILES string of the molecule is CCCn1ccc(CNc2c(Br)cc(Br)cc2Br)c1. The fraction of sp³-hybridized carbons (Fsp3) is 0.286. The minimum atomic E-state index is 0.815. The lowest BCUT2D eigenvalue weighted by molar-refractivity contribution is 0.681. The topological polar surface area (TPSA) is 17.0 Å². The van der Waals surface area contributed by atoms with E-state index in [-0.39, 0.29) is 0 Å². The fourth-order valence-corrected chi connectivity index (χ4v) is 4.43. The van der Waals surface area contributed by atoms with E-state index in [4.69, 9.17) is 0 Å². The number of nitrogens with one attached hydrogen (secondary N) is 1. The molecule has 0 fully saturated rings. The molecule has 0 radical (unpaired) electrons. The quantitative estimate of drug-likeness (QED) is 0.609. The Bertz CT molecular complexity index is 541. The lowest BCUT2D eigenvalue weighted by atomic mass is 10.3. The van der Waals surface area contributed by atoms with Crippen LogP contribution in [0.5, 0.6) is 0 Å². The predicted octanol–water partition coefficient (Wildman–Crippen LogP) is 5.80. The Morgan fingerprint density at radius 2 is 1.84 bits per heavy atom. The zero-order valence-corrected chi connectivity index (χ0v) is 15.3. The Balaban J connectivity index is 2.05. The number of nitrogens with zero attached hydrogens (tertiary/aromatic N) is 1. The van der Waals surface area contributed by atoms with Crippen LogP contribution in [0.1, 0.15) is 18.9 Å². The summed E-state index contributed by atoms with van der Waals surface area (Å²) in [6, 6.07) is 6.23. The van der Waals surface area contributed by atoms with Crippen molar-refractivity contribution in [2.75, 3.05) is 5.32 Å². The monoisotopic (exact) mass is 448 g/mol. The molecule has 0 aliphatic heterocycles. The molecule has 2 nitrogen and oxygen atoms in total. The van der Waals surface area contributed by atoms with E-state index in [0.29, 0.717) is 0 Å². The fourth-order valence-electron chi connectivity index (χ4n) is 1.89. The van der Waals surface area contributed by atoms with Crippen molar-refractivity contribution < 1.29 is 0 Å². The molecule has 0 amide bonds. The molecule has 1 aromatic carbocycles. The molecule has 2 aromatic rings. The number of aromatic nitrogens is 1. The van der Waals surface area contributed by atoms with Crippen LogP contribution in [0.4, 0.5) is 5.69 Å². The molecule has 2 rings (SSSR count). The summed E-state index contributed by atoms with van der Waals surface area (Å²) in [5.74, 6) is 0. The van der Waals surface area contributed by atoms with E-state index in [1.165, 1.54) is 5.56 Å². The third-order valence-electron chi connectivity index (χ3n) is 2.77. The summed E-state index contributed by atoms with van der Waals surface area (Å²) in [4.78, 5) is 0. The van der Waals surface area contributed by atoms with Gasteiger partial charge in [-0.2, -0.15) is 0 Å². The number of anilines is 1. The molecule has 0 saturated heterocycles. The molecule has 0 unspecified atom stereocenters. The molecular formula is C14H15Br3N2. The number of benzene rings is 1. The van der Waals surface area contributed by atoms with Crippen LogP contribution in [0.15, 0.2) is 44.0 Å². The minimum Gasteiger partial charge on any atom is -0.379 e. The number of hydrogen-bond acceptors (Lipinski definition) is 1. The maximum atomic E-state index is 3.57. The molecule has 5 heteroatoms. The molecule has 0 aliphatic carbocycles. The first-order valence-electron chi connectivity index (χ1n) is 6.13. The summed E-state index contributed by atoms with van der Waals surface area (Å²) in [5.41, 5.74) is 2.36. The first-order chi connectivity index (χ1) is 9.10. The summed E-state index contributed by atoms with van der Waals surface area (Å²) in [5, 5.41) is 3.45. The van der Waals surface area contributed by atoms with Gasteiger partial charge in [-0.1, -0.05) is 22.9 Å². The van der Waals surface area contributed by atoms with Gasteiger partial charge in [0, 0.05) is 38.9 Å². The molecule has 1 aromatic heterocycles. The molecule has 19 heavy (non-hydrogen) atoms. The van der Waals surface area contributed by atoms with E-state index >= 15 is 0 Å². The van der Waals surface area contributed by atoms with Crippen molar-refractivity contribution in [1.82, 2.24) is 4.57 Å². The number of rotatable bonds is 5. The van der Waals surface area contributed by atoms with Crippen molar-refractivity contribution in [3.05, 3.63) is 49.6 Å². The molecule has 0 bridgehead atoms. The Hall–Kier alpha value is -0.260. The molecule has 1 N–H and O–H groups in total. The van der Waals surface area contributed by atoms with Gasteiger partial charge in [0.1, 0.15) is 0 Å². The van der Waals surface area contributed by atoms with Crippen LogP contribution in [0.3, 0.4) is 0 Å². The standard InChI is InChI=1S/C14H15Br3N2/c1-2-4-19-5-3-10(9-19)8-18-14-12(16)6-11(15)7-13(14)17/h3,5-7,9,18H,2,4,8H2,1H3. The summed E-state index contributed by atoms with van der Waals surface area (Å²) < 4.78 is 5.36. The van der Waals surface area contributed by atoms with Crippen LogP contribution in [-0.4, -0.2) is 4.57 Å². The van der Waals surface area contributed by atoms with Gasteiger partial charge in [0.15, 0.2) is 0 Å². The van der Waals surface area contributed by atoms with Crippen molar-refractivity contribution in [1.29, 1.82) is 0 Å². The molecule has 0 atom stereocenters. The van der Waals surface area contributed by atoms with Gasteiger partial charge in [-0.3, -0.25) is 0 Å². The Morgan fingerprint density at radius 3 is 2.47 bits per heavy atom. The highest BCUT2D eigenvalue weighted by Crippen LogP contribution is 2.34. The van der Waals surface area contributed by atoms with Gasteiger partial charge in [0.2, 0.25) is 0 Å². The van der Waals surface area contributed by atoms with E-state index in [9.17, 15) is 0 Å². The number of halogens is 3. The normalized spacial score (nSPS) is 10.7. The number of aryl methyl sites for hydroxylation is 1. The highest BCUT2D eigenvalue weighted by Gasteiger charge is 2.06. The van der Waals surface area contributed by atoms with Gasteiger partial charge in [-0.15, -0.1) is 0 Å². The lowest BCUT2D eigenvalue weighted by Gasteiger charge is -2.10. The maximum Gasteiger partial charge on any atom is 0.0632 e. The Labute approximate surface area is 139 Å². The average Bonchev–Trinajstić information content (AvgIpc) is 2.76. The third-order valence-corrected chi connectivity index (χ3v) is 4.48. The second-order valence-corrected chi connectivity index (χ2v) is 6.98. The van der Waals surface area contributed by atoms with E-state index < -0.39 is 0 Å². The zero-order valence-electron chi connectivity index (χ0n) is 10.6. The van der Waals surface area contributed by atoms with Crippen molar-refractivity contribution in [2.45, 2.75) is 26.4 Å². The smallest absolute Gasteiger partial charge is 0.0632 e. The van der Waals surface area contributed by atoms with E-state index in [1.54, 1.807) is 0 Å². The number of hydrogen-bond donors (Lipinski definition) is 1. The lowest BCUT2D eigenvalue weighted by Crippen LogP contribution is -2.00. The van der Waals surface area contributed by atoms with Gasteiger partial charge in [0.05, 0.1) is 5.69 Å². The van der Waals surface area contributed by atoms with Crippen molar-refractivity contribution in [3.63, 3.8) is 0 Å². The van der Waals surface area contributed by atoms with Crippen LogP contribution in [0, 0.1) is 0 Å².